The molecule has 8 heteroatoms. The molecule has 1 aliphatic rings. The number of benzene rings is 1. The molecule has 2 amide bonds. The molecule has 24 heavy (non-hydrogen) atoms. The van der Waals surface area contributed by atoms with Crippen LogP contribution in [0, 0.1) is 0 Å². The van der Waals surface area contributed by atoms with Crippen LogP contribution in [-0.2, 0) is 4.74 Å². The van der Waals surface area contributed by atoms with Gasteiger partial charge in [0, 0.05) is 31.7 Å². The van der Waals surface area contributed by atoms with Crippen LogP contribution < -0.4 is 0 Å². The fraction of sp³-hybridized carbons (Fsp3) is 0.438. The number of amides is 2. The summed E-state index contributed by atoms with van der Waals surface area (Å²) in [4.78, 5) is 38.0. The zero-order valence-electron chi connectivity index (χ0n) is 13.2. The van der Waals surface area contributed by atoms with Crippen LogP contribution in [0.3, 0.4) is 0 Å². The van der Waals surface area contributed by atoms with Gasteiger partial charge in [-0.25, -0.2) is 9.59 Å². The number of carboxylic acid groups (broad SMARTS) is 1. The second kappa shape index (κ2) is 8.76. The number of hydrogen-bond acceptors (Lipinski definition) is 4. The molecule has 2 rings (SSSR count). The van der Waals surface area contributed by atoms with Crippen LogP contribution in [0.4, 0.5) is 4.79 Å². The number of aromatic carboxylic acids is 1. The zero-order chi connectivity index (χ0) is 17.0. The Balaban J connectivity index is 0.00000288. The molecule has 0 radical (unpaired) electrons. The van der Waals surface area contributed by atoms with Crippen LogP contribution >= 0.6 is 0 Å². The van der Waals surface area contributed by atoms with Gasteiger partial charge in [-0.3, -0.25) is 4.79 Å². The van der Waals surface area contributed by atoms with Crippen molar-refractivity contribution in [3.05, 3.63) is 35.4 Å². The summed E-state index contributed by atoms with van der Waals surface area (Å²) in [5.74, 6) is -1.18. The second-order valence-electron chi connectivity index (χ2n) is 5.49. The monoisotopic (exact) mass is 328 g/mol. The molecule has 0 saturated carbocycles. The number of methoxy groups -OCH3 is 1. The number of carbonyl (C=O) groups excluding carboxylic acids is 2. The Morgan fingerprint density at radius 1 is 1.12 bits per heavy atom. The molecular formula is C16H21LiN2O5. The van der Waals surface area contributed by atoms with Crippen LogP contribution in [0.2, 0.25) is 0 Å². The van der Waals surface area contributed by atoms with Crippen LogP contribution in [0.1, 0.15) is 33.6 Å². The number of nitrogens with zero attached hydrogens (tertiary/aromatic N) is 2. The molecule has 1 aromatic carbocycles. The first-order valence-corrected chi connectivity index (χ1v) is 7.37. The van der Waals surface area contributed by atoms with Crippen molar-refractivity contribution in [3.8, 4) is 0 Å². The van der Waals surface area contributed by atoms with Gasteiger partial charge in [0.25, 0.3) is 5.91 Å². The first-order chi connectivity index (χ1) is 10.9. The molecule has 1 aromatic rings. The number of likely N-dealkylation sites (tertiary alicyclic amines) is 1. The average molecular weight is 328 g/mol. The number of piperidine rings is 1. The van der Waals surface area contributed by atoms with Crippen molar-refractivity contribution in [1.82, 2.24) is 9.80 Å². The minimum absolute atomic E-state index is 0. The van der Waals surface area contributed by atoms with Gasteiger partial charge in [-0.15, -0.1) is 0 Å². The van der Waals surface area contributed by atoms with Crippen LogP contribution in [-0.4, -0.2) is 85.0 Å². The molecule has 0 aromatic heterocycles. The summed E-state index contributed by atoms with van der Waals surface area (Å²) in [6.45, 7) is 1.10. The van der Waals surface area contributed by atoms with Crippen molar-refractivity contribution in [3.63, 3.8) is 0 Å². The zero-order valence-corrected chi connectivity index (χ0v) is 13.2. The van der Waals surface area contributed by atoms with Crippen molar-refractivity contribution < 1.29 is 24.2 Å². The predicted octanol–water partition coefficient (Wildman–Crippen LogP) is 1.04. The fourth-order valence-corrected chi connectivity index (χ4v) is 2.69. The number of ether oxygens (including phenoxy) is 1. The van der Waals surface area contributed by atoms with E-state index in [1.165, 1.54) is 31.4 Å². The van der Waals surface area contributed by atoms with E-state index in [2.05, 4.69) is 0 Å². The van der Waals surface area contributed by atoms with Crippen molar-refractivity contribution >= 4 is 36.8 Å². The average Bonchev–Trinajstić information content (AvgIpc) is 2.60. The van der Waals surface area contributed by atoms with E-state index in [0.29, 0.717) is 31.5 Å². The fourth-order valence-electron chi connectivity index (χ4n) is 2.69. The van der Waals surface area contributed by atoms with E-state index in [1.807, 2.05) is 0 Å². The van der Waals surface area contributed by atoms with E-state index >= 15 is 0 Å². The number of carboxylic acids is 1. The second-order valence-corrected chi connectivity index (χ2v) is 5.49. The molecule has 7 nitrogen and oxygen atoms in total. The van der Waals surface area contributed by atoms with E-state index in [-0.39, 0.29) is 42.5 Å². The summed E-state index contributed by atoms with van der Waals surface area (Å²) in [5, 5.41) is 8.88. The quantitative estimate of drug-likeness (QED) is 0.838. The Morgan fingerprint density at radius 3 is 2.08 bits per heavy atom. The molecule has 1 fully saturated rings. The molecular weight excluding hydrogens is 307 g/mol. The SMILES string of the molecule is COC(=O)N1CCC(N(C)C(=O)c2ccc(C(=O)O)cc2)CC1.[LiH]. The van der Waals surface area contributed by atoms with Gasteiger partial charge in [0.05, 0.1) is 12.7 Å². The van der Waals surface area contributed by atoms with Gasteiger partial charge >= 0.3 is 30.9 Å². The maximum absolute atomic E-state index is 12.5. The van der Waals surface area contributed by atoms with E-state index < -0.39 is 5.97 Å². The molecule has 1 saturated heterocycles. The first-order valence-electron chi connectivity index (χ1n) is 7.37. The summed E-state index contributed by atoms with van der Waals surface area (Å²) in [6, 6.07) is 5.92. The van der Waals surface area contributed by atoms with Gasteiger partial charge in [0.1, 0.15) is 0 Å². The summed E-state index contributed by atoms with van der Waals surface area (Å²) >= 11 is 0. The van der Waals surface area contributed by atoms with Crippen molar-refractivity contribution in [2.75, 3.05) is 27.2 Å². The number of carbonyl (C=O) groups is 3. The molecule has 1 aliphatic heterocycles. The van der Waals surface area contributed by atoms with Gasteiger partial charge in [0.2, 0.25) is 0 Å². The standard InChI is InChI=1S/C16H20N2O5.Li.H/c1-17(13-7-9-18(10-8-13)16(22)23-2)14(19)11-3-5-12(6-4-11)15(20)21;;/h3-6,13H,7-10H2,1-2H3,(H,20,21);;. The van der Waals surface area contributed by atoms with E-state index in [9.17, 15) is 14.4 Å². The third-order valence-corrected chi connectivity index (χ3v) is 4.14. The molecule has 1 N–H and O–H groups in total. The molecule has 1 heterocycles. The Bertz CT molecular complexity index is 597. The predicted molar refractivity (Wildman–Crippen MR) is 89.6 cm³/mol. The van der Waals surface area contributed by atoms with E-state index in [4.69, 9.17) is 9.84 Å². The first kappa shape index (κ1) is 20.1. The molecule has 0 unspecified atom stereocenters. The van der Waals surface area contributed by atoms with Gasteiger partial charge in [-0.05, 0) is 37.1 Å². The third kappa shape index (κ3) is 4.53. The van der Waals surface area contributed by atoms with E-state index in [1.54, 1.807) is 16.8 Å². The number of hydrogen-bond donors (Lipinski definition) is 1. The minimum atomic E-state index is -1.02. The van der Waals surface area contributed by atoms with Crippen LogP contribution in [0.5, 0.6) is 0 Å². The summed E-state index contributed by atoms with van der Waals surface area (Å²) < 4.78 is 4.69. The Labute approximate surface area is 152 Å². The molecule has 0 atom stereocenters. The van der Waals surface area contributed by atoms with Gasteiger partial charge in [-0.1, -0.05) is 0 Å². The van der Waals surface area contributed by atoms with Crippen LogP contribution in [0.15, 0.2) is 24.3 Å². The Kier molecular flexibility index (Phi) is 7.33. The number of rotatable bonds is 3. The van der Waals surface area contributed by atoms with Crippen LogP contribution in [0.25, 0.3) is 0 Å². The van der Waals surface area contributed by atoms with Crippen molar-refractivity contribution in [2.24, 2.45) is 0 Å². The van der Waals surface area contributed by atoms with Gasteiger partial charge in [0.15, 0.2) is 0 Å². The van der Waals surface area contributed by atoms with E-state index in [0.717, 1.165) is 0 Å². The Hall–Kier alpha value is -1.97. The summed E-state index contributed by atoms with van der Waals surface area (Å²) in [7, 11) is 3.08. The topological polar surface area (TPSA) is 87.2 Å². The van der Waals surface area contributed by atoms with Gasteiger partial charge in [-0.2, -0.15) is 0 Å². The summed E-state index contributed by atoms with van der Waals surface area (Å²) in [5.41, 5.74) is 0.600. The molecule has 0 spiro atoms. The molecule has 126 valence electrons. The van der Waals surface area contributed by atoms with Crippen molar-refractivity contribution in [2.45, 2.75) is 18.9 Å². The molecule has 0 bridgehead atoms. The summed E-state index contributed by atoms with van der Waals surface area (Å²) in [6.07, 6.45) is 1.02. The third-order valence-electron chi connectivity index (χ3n) is 4.14. The van der Waals surface area contributed by atoms with Crippen molar-refractivity contribution in [1.29, 1.82) is 0 Å². The maximum atomic E-state index is 12.5. The van der Waals surface area contributed by atoms with Gasteiger partial charge < -0.3 is 19.6 Å². The Morgan fingerprint density at radius 2 is 1.62 bits per heavy atom. The molecule has 0 aliphatic carbocycles. The normalized spacial score (nSPS) is 14.5.